The normalized spacial score (nSPS) is 12.0. The van der Waals surface area contributed by atoms with Gasteiger partial charge in [0.2, 0.25) is 0 Å². The first kappa shape index (κ1) is 13.4. The van der Waals surface area contributed by atoms with Crippen LogP contribution in [0.5, 0.6) is 0 Å². The van der Waals surface area contributed by atoms with Crippen molar-refractivity contribution in [2.24, 2.45) is 0 Å². The Labute approximate surface area is 126 Å². The van der Waals surface area contributed by atoms with Crippen molar-refractivity contribution in [3.05, 3.63) is 51.6 Å². The van der Waals surface area contributed by atoms with Gasteiger partial charge in [-0.05, 0) is 46.9 Å². The molecule has 1 N–H and O–H groups in total. The molecule has 1 heterocycles. The minimum absolute atomic E-state index is 0.160. The summed E-state index contributed by atoms with van der Waals surface area (Å²) in [5.74, 6) is 0.567. The number of alkyl halides is 3. The maximum atomic E-state index is 12.7. The largest absolute Gasteiger partial charge is 0.417 e. The molecule has 0 aliphatic heterocycles. The highest BCUT2D eigenvalue weighted by Crippen LogP contribution is 2.34. The van der Waals surface area contributed by atoms with E-state index in [1.165, 1.54) is 12.1 Å². The predicted molar refractivity (Wildman–Crippen MR) is 79.2 cm³/mol. The van der Waals surface area contributed by atoms with Crippen LogP contribution in [0.15, 0.2) is 42.5 Å². The third kappa shape index (κ3) is 2.39. The summed E-state index contributed by atoms with van der Waals surface area (Å²) in [5, 5.41) is 0. The molecule has 0 radical (unpaired) electrons. The average molecular weight is 388 g/mol. The topological polar surface area (TPSA) is 28.7 Å². The van der Waals surface area contributed by atoms with E-state index in [1.807, 2.05) is 24.3 Å². The Morgan fingerprint density at radius 2 is 1.80 bits per heavy atom. The number of nitrogens with one attached hydrogen (secondary N) is 1. The molecular formula is C14H8F3IN2. The fourth-order valence-corrected chi connectivity index (χ4v) is 2.80. The fourth-order valence-electron chi connectivity index (χ4n) is 1.98. The molecule has 20 heavy (non-hydrogen) atoms. The summed E-state index contributed by atoms with van der Waals surface area (Å²) in [5.41, 5.74) is 1.66. The van der Waals surface area contributed by atoms with E-state index in [0.29, 0.717) is 11.4 Å². The van der Waals surface area contributed by atoms with Gasteiger partial charge < -0.3 is 4.98 Å². The van der Waals surface area contributed by atoms with Crippen LogP contribution < -0.4 is 0 Å². The van der Waals surface area contributed by atoms with Gasteiger partial charge in [-0.2, -0.15) is 13.2 Å². The molecule has 0 unspecified atom stereocenters. The molecule has 3 aromatic rings. The molecule has 2 nitrogen and oxygen atoms in total. The van der Waals surface area contributed by atoms with Crippen molar-refractivity contribution in [1.82, 2.24) is 9.97 Å². The van der Waals surface area contributed by atoms with Gasteiger partial charge in [0.15, 0.2) is 0 Å². The van der Waals surface area contributed by atoms with Crippen LogP contribution in [-0.2, 0) is 6.18 Å². The van der Waals surface area contributed by atoms with Crippen LogP contribution >= 0.6 is 22.6 Å². The molecule has 0 spiro atoms. The lowest BCUT2D eigenvalue weighted by Gasteiger charge is -2.09. The zero-order valence-electron chi connectivity index (χ0n) is 10.0. The molecule has 2 aromatic carbocycles. The molecule has 0 amide bonds. The van der Waals surface area contributed by atoms with E-state index >= 15 is 0 Å². The molecule has 3 rings (SSSR count). The van der Waals surface area contributed by atoms with Crippen molar-refractivity contribution >= 4 is 33.6 Å². The van der Waals surface area contributed by atoms with Gasteiger partial charge in [0, 0.05) is 9.13 Å². The fraction of sp³-hybridized carbons (Fsp3) is 0.0714. The maximum absolute atomic E-state index is 12.7. The van der Waals surface area contributed by atoms with Crippen molar-refractivity contribution in [2.75, 3.05) is 0 Å². The number of imidazole rings is 1. The predicted octanol–water partition coefficient (Wildman–Crippen LogP) is 4.85. The number of hydrogen-bond donors (Lipinski definition) is 1. The third-order valence-corrected chi connectivity index (χ3v) is 3.83. The Bertz CT molecular complexity index is 744. The lowest BCUT2D eigenvalue weighted by atomic mass is 10.1. The molecule has 0 aliphatic rings. The summed E-state index contributed by atoms with van der Waals surface area (Å²) in [6, 6.07) is 11.5. The van der Waals surface area contributed by atoms with E-state index in [2.05, 4.69) is 9.97 Å². The van der Waals surface area contributed by atoms with Crippen LogP contribution in [0.4, 0.5) is 13.2 Å². The zero-order chi connectivity index (χ0) is 14.3. The lowest BCUT2D eigenvalue weighted by molar-refractivity contribution is -0.138. The highest BCUT2D eigenvalue weighted by molar-refractivity contribution is 14.1. The number of aromatic amines is 1. The molecule has 0 bridgehead atoms. The summed E-state index contributed by atoms with van der Waals surface area (Å²) in [6.45, 7) is 0. The Kier molecular flexibility index (Phi) is 3.19. The number of aromatic nitrogens is 2. The monoisotopic (exact) mass is 388 g/mol. The quantitative estimate of drug-likeness (QED) is 0.593. The lowest BCUT2D eigenvalue weighted by Crippen LogP contribution is -2.07. The van der Waals surface area contributed by atoms with Crippen molar-refractivity contribution < 1.29 is 13.2 Å². The van der Waals surface area contributed by atoms with Crippen molar-refractivity contribution in [3.8, 4) is 11.4 Å². The van der Waals surface area contributed by atoms with Gasteiger partial charge in [0.05, 0.1) is 16.6 Å². The highest BCUT2D eigenvalue weighted by atomic mass is 127. The van der Waals surface area contributed by atoms with Crippen LogP contribution in [0.2, 0.25) is 0 Å². The first-order chi connectivity index (χ1) is 9.45. The summed E-state index contributed by atoms with van der Waals surface area (Å²) in [4.78, 5) is 7.48. The number of rotatable bonds is 1. The Hall–Kier alpha value is -1.57. The van der Waals surface area contributed by atoms with Gasteiger partial charge in [0.25, 0.3) is 0 Å². The maximum Gasteiger partial charge on any atom is 0.417 e. The first-order valence-corrected chi connectivity index (χ1v) is 6.85. The van der Waals surface area contributed by atoms with Crippen molar-refractivity contribution in [1.29, 1.82) is 0 Å². The van der Waals surface area contributed by atoms with Gasteiger partial charge in [0.1, 0.15) is 5.82 Å². The van der Waals surface area contributed by atoms with Crippen LogP contribution in [0.1, 0.15) is 5.56 Å². The summed E-state index contributed by atoms with van der Waals surface area (Å²) >= 11 is 1.69. The second kappa shape index (κ2) is 4.76. The Balaban J connectivity index is 2.08. The summed E-state index contributed by atoms with van der Waals surface area (Å²) in [6.07, 6.45) is -4.33. The van der Waals surface area contributed by atoms with Gasteiger partial charge in [-0.25, -0.2) is 4.98 Å². The van der Waals surface area contributed by atoms with Crippen LogP contribution in [0.25, 0.3) is 22.4 Å². The van der Waals surface area contributed by atoms with E-state index in [-0.39, 0.29) is 3.57 Å². The minimum atomic E-state index is -4.33. The smallest absolute Gasteiger partial charge is 0.338 e. The first-order valence-electron chi connectivity index (χ1n) is 5.77. The van der Waals surface area contributed by atoms with Crippen molar-refractivity contribution in [3.63, 3.8) is 0 Å². The third-order valence-electron chi connectivity index (χ3n) is 2.94. The standard InChI is InChI=1S/C14H8F3IN2/c15-14(16,17)9-6-5-8(7-10(9)18)13-19-11-3-1-2-4-12(11)20-13/h1-7H,(H,19,20). The second-order valence-corrected chi connectivity index (χ2v) is 5.46. The molecule has 0 aliphatic carbocycles. The summed E-state index contributed by atoms with van der Waals surface area (Å²) in [7, 11) is 0. The van der Waals surface area contributed by atoms with Crippen LogP contribution in [0.3, 0.4) is 0 Å². The molecule has 6 heteroatoms. The molecule has 0 saturated heterocycles. The number of fused-ring (bicyclic) bond motifs is 1. The zero-order valence-corrected chi connectivity index (χ0v) is 12.2. The molecule has 0 saturated carbocycles. The number of hydrogen-bond acceptors (Lipinski definition) is 1. The van der Waals surface area contributed by atoms with E-state index in [1.54, 1.807) is 22.6 Å². The number of H-pyrrole nitrogens is 1. The van der Waals surface area contributed by atoms with E-state index in [4.69, 9.17) is 0 Å². The minimum Gasteiger partial charge on any atom is -0.338 e. The number of para-hydroxylation sites is 2. The molecular weight excluding hydrogens is 380 g/mol. The van der Waals surface area contributed by atoms with Gasteiger partial charge in [-0.3, -0.25) is 0 Å². The van der Waals surface area contributed by atoms with E-state index in [0.717, 1.165) is 17.1 Å². The van der Waals surface area contributed by atoms with E-state index < -0.39 is 11.7 Å². The second-order valence-electron chi connectivity index (χ2n) is 4.29. The Morgan fingerprint density at radius 3 is 2.45 bits per heavy atom. The van der Waals surface area contributed by atoms with Gasteiger partial charge in [-0.15, -0.1) is 0 Å². The molecule has 102 valence electrons. The van der Waals surface area contributed by atoms with Crippen LogP contribution in [0, 0.1) is 3.57 Å². The number of halogens is 4. The SMILES string of the molecule is FC(F)(F)c1ccc(-c2nc3ccccc3[nH]2)cc1I. The molecule has 1 aromatic heterocycles. The van der Waals surface area contributed by atoms with Crippen LogP contribution in [-0.4, -0.2) is 9.97 Å². The van der Waals surface area contributed by atoms with Gasteiger partial charge >= 0.3 is 6.18 Å². The Morgan fingerprint density at radius 1 is 1.05 bits per heavy atom. The number of benzene rings is 2. The van der Waals surface area contributed by atoms with E-state index in [9.17, 15) is 13.2 Å². The summed E-state index contributed by atoms with van der Waals surface area (Å²) < 4.78 is 38.3. The van der Waals surface area contributed by atoms with Gasteiger partial charge in [-0.1, -0.05) is 18.2 Å². The molecule has 0 atom stereocenters. The molecule has 0 fully saturated rings. The highest BCUT2D eigenvalue weighted by Gasteiger charge is 2.32. The van der Waals surface area contributed by atoms with Crippen molar-refractivity contribution in [2.45, 2.75) is 6.18 Å². The average Bonchev–Trinajstić information content (AvgIpc) is 2.80. The number of nitrogens with zero attached hydrogens (tertiary/aromatic N) is 1.